The topological polar surface area (TPSA) is 33.5 Å². The van der Waals surface area contributed by atoms with E-state index in [1.807, 2.05) is 60.7 Å². The third-order valence-corrected chi connectivity index (χ3v) is 2.76. The Morgan fingerprint density at radius 1 is 0.600 bits per heavy atom. The van der Waals surface area contributed by atoms with Gasteiger partial charge >= 0.3 is 25.8 Å². The van der Waals surface area contributed by atoms with Gasteiger partial charge in [-0.15, -0.1) is 54.5 Å². The molecule has 0 aromatic heterocycles. The average Bonchev–Trinajstić information content (AvgIpc) is 3.08. The molecule has 25 heavy (non-hydrogen) atoms. The second-order valence-corrected chi connectivity index (χ2v) is 4.31. The molecule has 128 valence electrons. The van der Waals surface area contributed by atoms with Crippen molar-refractivity contribution in [3.8, 4) is 0 Å². The van der Waals surface area contributed by atoms with Crippen molar-refractivity contribution >= 4 is 35.6 Å². The largest absolute Gasteiger partial charge is 4.00 e. The number of fused-ring (bicyclic) bond motifs is 1. The first kappa shape index (κ1) is 28.5. The van der Waals surface area contributed by atoms with Crippen LogP contribution in [0.3, 0.4) is 0 Å². The van der Waals surface area contributed by atoms with Crippen LogP contribution in [0.4, 0.5) is 0 Å². The van der Waals surface area contributed by atoms with Crippen molar-refractivity contribution < 1.29 is 25.8 Å². The zero-order valence-electron chi connectivity index (χ0n) is 13.7. The molecular formula is C21H21Cl2HfN. The van der Waals surface area contributed by atoms with Gasteiger partial charge in [0, 0.05) is 0 Å². The van der Waals surface area contributed by atoms with E-state index in [9.17, 15) is 0 Å². The molecule has 0 fully saturated rings. The van der Waals surface area contributed by atoms with E-state index in [2.05, 4.69) is 54.6 Å². The second-order valence-electron chi connectivity index (χ2n) is 4.31. The zero-order valence-corrected chi connectivity index (χ0v) is 18.9. The Bertz CT molecular complexity index is 600. The molecule has 4 heteroatoms. The van der Waals surface area contributed by atoms with Crippen molar-refractivity contribution in [2.24, 2.45) is 0 Å². The molecule has 0 aliphatic heterocycles. The van der Waals surface area contributed by atoms with Gasteiger partial charge in [0.2, 0.25) is 0 Å². The minimum Gasteiger partial charge on any atom is -0.693 e. The molecule has 4 aromatic carbocycles. The minimum absolute atomic E-state index is 0. The van der Waals surface area contributed by atoms with E-state index in [0.717, 1.165) is 0 Å². The summed E-state index contributed by atoms with van der Waals surface area (Å²) in [7, 11) is 0. The maximum absolute atomic E-state index is 2.89. The monoisotopic (exact) mass is 537 g/mol. The Hall–Kier alpha value is -1.32. The molecule has 0 amide bonds. The molecule has 0 aliphatic carbocycles. The summed E-state index contributed by atoms with van der Waals surface area (Å²) in [5, 5.41) is 2.66. The Morgan fingerprint density at radius 2 is 1.08 bits per heavy atom. The van der Waals surface area contributed by atoms with E-state index in [4.69, 9.17) is 0 Å². The molecule has 0 radical (unpaired) electrons. The summed E-state index contributed by atoms with van der Waals surface area (Å²) < 4.78 is 0. The van der Waals surface area contributed by atoms with Crippen molar-refractivity contribution in [2.75, 3.05) is 0 Å². The van der Waals surface area contributed by atoms with Crippen LogP contribution in [0.15, 0.2) is 103 Å². The molecule has 0 spiro atoms. The maximum atomic E-state index is 2.89. The Morgan fingerprint density at radius 3 is 1.44 bits per heavy atom. The molecule has 4 aromatic rings. The number of nitrogens with two attached hydrogens (primary N) is 1. The fourth-order valence-corrected chi connectivity index (χ4v) is 1.75. The molecule has 0 saturated carbocycles. The van der Waals surface area contributed by atoms with Crippen LogP contribution in [0.25, 0.3) is 16.9 Å². The molecule has 1 nitrogen and oxygen atoms in total. The summed E-state index contributed by atoms with van der Waals surface area (Å²) in [6, 6.07) is 39.7. The first-order valence-electron chi connectivity index (χ1n) is 6.89. The first-order chi connectivity index (χ1) is 10.5. The smallest absolute Gasteiger partial charge is 0.693 e. The third-order valence-electron chi connectivity index (χ3n) is 2.76. The SMILES string of the molecule is Cl.Cl.[Hf+4].[NH2-].[c-]1ccccc1.[c-]1ccccc1.c1ccc2[cH-]ccc2c1. The third kappa shape index (κ3) is 12.7. The summed E-state index contributed by atoms with van der Waals surface area (Å²) in [4.78, 5) is 0. The van der Waals surface area contributed by atoms with E-state index in [-0.39, 0.29) is 56.8 Å². The Labute approximate surface area is 182 Å². The van der Waals surface area contributed by atoms with E-state index >= 15 is 0 Å². The van der Waals surface area contributed by atoms with Gasteiger partial charge in [0.05, 0.1) is 0 Å². The fourth-order valence-electron chi connectivity index (χ4n) is 1.75. The van der Waals surface area contributed by atoms with Crippen LogP contribution in [0.1, 0.15) is 0 Å². The molecule has 0 aliphatic rings. The normalized spacial score (nSPS) is 7.52. The van der Waals surface area contributed by atoms with Crippen LogP contribution >= 0.6 is 24.8 Å². The number of benzene rings is 3. The van der Waals surface area contributed by atoms with Crippen molar-refractivity contribution in [1.82, 2.24) is 0 Å². The number of hydrogen-bond acceptors (Lipinski definition) is 0. The van der Waals surface area contributed by atoms with Gasteiger partial charge in [-0.3, -0.25) is 0 Å². The van der Waals surface area contributed by atoms with E-state index in [1.54, 1.807) is 0 Å². The van der Waals surface area contributed by atoms with Gasteiger partial charge in [0.15, 0.2) is 0 Å². The van der Waals surface area contributed by atoms with Crippen LogP contribution in [-0.4, -0.2) is 0 Å². The first-order valence-corrected chi connectivity index (χ1v) is 6.89. The second kappa shape index (κ2) is 19.0. The van der Waals surface area contributed by atoms with Crippen LogP contribution in [0.2, 0.25) is 0 Å². The van der Waals surface area contributed by atoms with Crippen molar-refractivity contribution in [3.05, 3.63) is 121 Å². The molecule has 0 bridgehead atoms. The standard InChI is InChI=1S/C9H7.2C6H5.2ClH.Hf.H2N/c1-2-5-9-7-3-6-8(9)4-1;2*1-2-4-6-5-3-1;;;;/h1-7H;2*1-5H;2*1H;;1H2/q3*-1;;;+4;-1. The predicted molar refractivity (Wildman–Crippen MR) is 110 cm³/mol. The van der Waals surface area contributed by atoms with Crippen LogP contribution in [0, 0.1) is 12.1 Å². The van der Waals surface area contributed by atoms with E-state index in [1.165, 1.54) is 10.8 Å². The average molecular weight is 537 g/mol. The van der Waals surface area contributed by atoms with Gasteiger partial charge in [0.25, 0.3) is 0 Å². The van der Waals surface area contributed by atoms with Gasteiger partial charge in [-0.1, -0.05) is 6.07 Å². The van der Waals surface area contributed by atoms with Gasteiger partial charge < -0.3 is 6.15 Å². The Balaban J connectivity index is -0.000000276. The molecule has 0 atom stereocenters. The van der Waals surface area contributed by atoms with Crippen LogP contribution in [0.5, 0.6) is 0 Å². The van der Waals surface area contributed by atoms with Gasteiger partial charge in [0.1, 0.15) is 0 Å². The number of rotatable bonds is 0. The van der Waals surface area contributed by atoms with Crippen molar-refractivity contribution in [1.29, 1.82) is 0 Å². The van der Waals surface area contributed by atoms with Gasteiger partial charge in [-0.25, -0.2) is 0 Å². The Kier molecular flexibility index (Phi) is 21.7. The maximum Gasteiger partial charge on any atom is 4.00 e. The van der Waals surface area contributed by atoms with Crippen molar-refractivity contribution in [3.63, 3.8) is 0 Å². The molecule has 0 saturated heterocycles. The van der Waals surface area contributed by atoms with E-state index < -0.39 is 0 Å². The van der Waals surface area contributed by atoms with Crippen molar-refractivity contribution in [2.45, 2.75) is 0 Å². The summed E-state index contributed by atoms with van der Waals surface area (Å²) >= 11 is 0. The molecule has 2 N–H and O–H groups in total. The predicted octanol–water partition coefficient (Wildman–Crippen LogP) is 7.09. The van der Waals surface area contributed by atoms with Crippen LogP contribution < -0.4 is 0 Å². The summed E-state index contributed by atoms with van der Waals surface area (Å²) in [5.41, 5.74) is 0. The number of halogens is 2. The molecule has 0 heterocycles. The summed E-state index contributed by atoms with van der Waals surface area (Å²) in [6.45, 7) is 0. The van der Waals surface area contributed by atoms with Gasteiger partial charge in [-0.05, 0) is 0 Å². The molecule has 0 unspecified atom stereocenters. The minimum atomic E-state index is 0. The quantitative estimate of drug-likeness (QED) is 0.170. The molecule has 4 rings (SSSR count). The summed E-state index contributed by atoms with van der Waals surface area (Å²) in [6.07, 6.45) is 0. The fraction of sp³-hybridized carbons (Fsp3) is 0. The van der Waals surface area contributed by atoms with E-state index in [0.29, 0.717) is 0 Å². The summed E-state index contributed by atoms with van der Waals surface area (Å²) in [5.74, 6) is 0. The van der Waals surface area contributed by atoms with Crippen LogP contribution in [-0.2, 0) is 25.8 Å². The molecular weight excluding hydrogens is 516 g/mol. The number of hydrogen-bond donors (Lipinski definition) is 0. The van der Waals surface area contributed by atoms with Gasteiger partial charge in [-0.2, -0.15) is 90.3 Å². The zero-order chi connectivity index (χ0) is 14.6.